The number of imidazole rings is 2. The Labute approximate surface area is 409 Å². The van der Waals surface area contributed by atoms with Gasteiger partial charge in [-0.25, -0.2) is 19.6 Å². The van der Waals surface area contributed by atoms with Crippen molar-refractivity contribution in [1.29, 1.82) is 0 Å². The van der Waals surface area contributed by atoms with Gasteiger partial charge in [0.1, 0.15) is 23.7 Å². The van der Waals surface area contributed by atoms with E-state index < -0.39 is 36.5 Å². The van der Waals surface area contributed by atoms with Gasteiger partial charge in [-0.3, -0.25) is 9.59 Å². The first-order valence-corrected chi connectivity index (χ1v) is 24.3. The van der Waals surface area contributed by atoms with Crippen LogP contribution in [0.3, 0.4) is 0 Å². The fourth-order valence-electron chi connectivity index (χ4n) is 10.4. The number of carboxylic acid groups (broad SMARTS) is 1. The average Bonchev–Trinajstić information content (AvgIpc) is 4.23. The van der Waals surface area contributed by atoms with E-state index in [1.165, 1.54) is 38.0 Å². The van der Waals surface area contributed by atoms with Crippen LogP contribution in [-0.4, -0.2) is 118 Å². The van der Waals surface area contributed by atoms with Crippen LogP contribution in [0.4, 0.5) is 15.3 Å². The molecule has 17 heteroatoms. The molecule has 0 saturated carbocycles. The summed E-state index contributed by atoms with van der Waals surface area (Å²) in [5, 5.41) is 14.4. The Morgan fingerprint density at radius 2 is 1.09 bits per heavy atom. The number of aromatic amines is 2. The number of aromatic nitrogens is 4. The lowest BCUT2D eigenvalue weighted by Gasteiger charge is -2.34. The minimum absolute atomic E-state index is 0.0134. The molecule has 17 nitrogen and oxygen atoms in total. The van der Waals surface area contributed by atoms with Crippen molar-refractivity contribution in [1.82, 2.24) is 40.4 Å². The lowest BCUT2D eigenvalue weighted by molar-refractivity contribution is -0.138. The molecule has 0 bridgehead atoms. The van der Waals surface area contributed by atoms with Crippen molar-refractivity contribution in [3.8, 4) is 22.5 Å². The van der Waals surface area contributed by atoms with Gasteiger partial charge in [-0.15, -0.1) is 0 Å². The van der Waals surface area contributed by atoms with E-state index >= 15 is 0 Å². The first kappa shape index (κ1) is 49.7. The fraction of sp³-hybridized carbons (Fsp3) is 0.472. The van der Waals surface area contributed by atoms with E-state index in [2.05, 4.69) is 119 Å². The molecular weight excluding hydrogens is 891 g/mol. The van der Waals surface area contributed by atoms with Gasteiger partial charge < -0.3 is 54.6 Å². The van der Waals surface area contributed by atoms with E-state index in [9.17, 15) is 24.3 Å². The number of amides is 4. The third kappa shape index (κ3) is 10.4. The zero-order valence-corrected chi connectivity index (χ0v) is 41.4. The van der Waals surface area contributed by atoms with Crippen LogP contribution in [0.1, 0.15) is 126 Å². The molecule has 3 aliphatic rings. The molecule has 0 aliphatic carbocycles. The topological polar surface area (TPSA) is 207 Å². The molecule has 0 unspecified atom stereocenters. The summed E-state index contributed by atoms with van der Waals surface area (Å²) in [4.78, 5) is 73.7. The van der Waals surface area contributed by atoms with Gasteiger partial charge in [-0.05, 0) is 97.7 Å². The Kier molecular flexibility index (Phi) is 15.0. The molecule has 5 aromatic rings. The predicted octanol–water partition coefficient (Wildman–Crippen LogP) is 8.60. The Bertz CT molecular complexity index is 2610. The molecule has 0 spiro atoms. The number of H-pyrrole nitrogens is 2. The number of benzene rings is 3. The van der Waals surface area contributed by atoms with Gasteiger partial charge >= 0.3 is 12.2 Å². The van der Waals surface area contributed by atoms with Crippen LogP contribution in [0.2, 0.25) is 0 Å². The van der Waals surface area contributed by atoms with Gasteiger partial charge in [0, 0.05) is 33.0 Å². The molecule has 3 saturated heterocycles. The maximum absolute atomic E-state index is 13.8. The summed E-state index contributed by atoms with van der Waals surface area (Å²) >= 11 is 0. The molecule has 4 amide bonds. The molecular formula is C53H67N9O8. The Hall–Kier alpha value is -6.72. The van der Waals surface area contributed by atoms with Gasteiger partial charge in [-0.2, -0.15) is 0 Å². The SMILES string of the molecule is COC(=O)N[C@@H](C(=O)N1CCC[C@H]1c1ncc(-c2ccc([C@H]3CC[C@H](c4ccc(-c5cnc([C@@H]6CCCN6C(=O)[C@@H](NC(=O)O)[C@H](C)OC)[nH]5)cc4)N3c3ccc(C(C)(C)C)cc3)cc2)[nH]1)[C@H](C)OC. The van der Waals surface area contributed by atoms with E-state index in [1.54, 1.807) is 29.8 Å². The third-order valence-corrected chi connectivity index (χ3v) is 14.5. The summed E-state index contributed by atoms with van der Waals surface area (Å²) in [6.07, 6.45) is 5.36. The lowest BCUT2D eigenvalue weighted by Crippen LogP contribution is -2.54. The Morgan fingerprint density at radius 1 is 0.643 bits per heavy atom. The normalized spacial score (nSPS) is 21.1. The highest BCUT2D eigenvalue weighted by atomic mass is 16.5. The highest BCUT2D eigenvalue weighted by molar-refractivity contribution is 5.87. The van der Waals surface area contributed by atoms with Crippen LogP contribution < -0.4 is 15.5 Å². The van der Waals surface area contributed by atoms with Crippen LogP contribution in [0, 0.1) is 0 Å². The average molecular weight is 958 g/mol. The third-order valence-electron chi connectivity index (χ3n) is 14.5. The van der Waals surface area contributed by atoms with E-state index in [0.29, 0.717) is 31.2 Å². The second kappa shape index (κ2) is 21.1. The number of anilines is 1. The zero-order chi connectivity index (χ0) is 49.9. The summed E-state index contributed by atoms with van der Waals surface area (Å²) in [6.45, 7) is 11.1. The van der Waals surface area contributed by atoms with E-state index in [0.717, 1.165) is 60.3 Å². The van der Waals surface area contributed by atoms with Crippen LogP contribution >= 0.6 is 0 Å². The largest absolute Gasteiger partial charge is 0.465 e. The van der Waals surface area contributed by atoms with Crippen molar-refractivity contribution in [3.63, 3.8) is 0 Å². The molecule has 5 N–H and O–H groups in total. The molecule has 70 heavy (non-hydrogen) atoms. The highest BCUT2D eigenvalue weighted by Gasteiger charge is 2.41. The van der Waals surface area contributed by atoms with Gasteiger partial charge in [0.15, 0.2) is 0 Å². The number of hydrogen-bond donors (Lipinski definition) is 5. The minimum atomic E-state index is -1.28. The first-order valence-electron chi connectivity index (χ1n) is 24.3. The molecule has 2 aromatic heterocycles. The van der Waals surface area contributed by atoms with Crippen LogP contribution in [-0.2, 0) is 29.2 Å². The number of ether oxygens (including phenoxy) is 3. The predicted molar refractivity (Wildman–Crippen MR) is 265 cm³/mol. The number of methoxy groups -OCH3 is 3. The fourth-order valence-corrected chi connectivity index (χ4v) is 10.4. The molecule has 372 valence electrons. The second-order valence-electron chi connectivity index (χ2n) is 19.7. The molecule has 0 radical (unpaired) electrons. The number of carbonyl (C=O) groups is 4. The number of alkyl carbamates (subject to hydrolysis) is 1. The van der Waals surface area contributed by atoms with Crippen molar-refractivity contribution in [3.05, 3.63) is 114 Å². The molecule has 5 heterocycles. The van der Waals surface area contributed by atoms with Crippen molar-refractivity contribution >= 4 is 29.7 Å². The van der Waals surface area contributed by atoms with Crippen molar-refractivity contribution in [2.45, 2.75) is 127 Å². The van der Waals surface area contributed by atoms with Crippen molar-refractivity contribution in [2.75, 3.05) is 39.3 Å². The van der Waals surface area contributed by atoms with E-state index in [4.69, 9.17) is 24.2 Å². The summed E-state index contributed by atoms with van der Waals surface area (Å²) in [6, 6.07) is 24.0. The summed E-state index contributed by atoms with van der Waals surface area (Å²) < 4.78 is 15.6. The number of likely N-dealkylation sites (tertiary alicyclic amines) is 2. The van der Waals surface area contributed by atoms with E-state index in [1.807, 2.05) is 6.20 Å². The maximum atomic E-state index is 13.8. The molecule has 3 aromatic carbocycles. The smallest absolute Gasteiger partial charge is 0.407 e. The Balaban J connectivity index is 1.00. The number of hydrogen-bond acceptors (Lipinski definition) is 10. The minimum Gasteiger partial charge on any atom is -0.465 e. The van der Waals surface area contributed by atoms with E-state index in [-0.39, 0.29) is 41.4 Å². The molecule has 3 aliphatic heterocycles. The van der Waals surface area contributed by atoms with Crippen molar-refractivity contribution < 1.29 is 38.5 Å². The number of rotatable bonds is 15. The monoisotopic (exact) mass is 958 g/mol. The number of carbonyl (C=O) groups excluding carboxylic acids is 3. The number of nitrogens with zero attached hydrogens (tertiary/aromatic N) is 5. The molecule has 8 atom stereocenters. The quantitative estimate of drug-likeness (QED) is 0.0671. The van der Waals surface area contributed by atoms with Crippen molar-refractivity contribution in [2.24, 2.45) is 0 Å². The van der Waals surface area contributed by atoms with Gasteiger partial charge in [-0.1, -0.05) is 81.4 Å². The van der Waals surface area contributed by atoms with Gasteiger partial charge in [0.2, 0.25) is 11.8 Å². The summed E-state index contributed by atoms with van der Waals surface area (Å²) in [5.74, 6) is 0.778. The second-order valence-corrected chi connectivity index (χ2v) is 19.7. The molecule has 8 rings (SSSR count). The maximum Gasteiger partial charge on any atom is 0.407 e. The number of nitrogens with one attached hydrogen (secondary N) is 4. The Morgan fingerprint density at radius 3 is 1.49 bits per heavy atom. The summed E-state index contributed by atoms with van der Waals surface area (Å²) in [7, 11) is 4.23. The van der Waals surface area contributed by atoms with Crippen LogP contribution in [0.5, 0.6) is 0 Å². The lowest BCUT2D eigenvalue weighted by atomic mass is 9.87. The summed E-state index contributed by atoms with van der Waals surface area (Å²) in [5.41, 5.74) is 8.49. The van der Waals surface area contributed by atoms with Gasteiger partial charge in [0.25, 0.3) is 0 Å². The van der Waals surface area contributed by atoms with Crippen LogP contribution in [0.15, 0.2) is 85.2 Å². The van der Waals surface area contributed by atoms with Gasteiger partial charge in [0.05, 0.1) is 67.3 Å². The molecule has 3 fully saturated rings. The van der Waals surface area contributed by atoms with Crippen LogP contribution in [0.25, 0.3) is 22.5 Å². The highest BCUT2D eigenvalue weighted by Crippen LogP contribution is 2.48. The first-order chi connectivity index (χ1) is 33.6. The zero-order valence-electron chi connectivity index (χ0n) is 41.4. The standard InChI is InChI=1S/C53H67N9O8/c1-31(68-6)45(58-51(65)66)49(63)60-27-9-11-43(60)47-54-29-39(56-47)33-13-17-35(18-14-33)41-25-26-42(62(41)38-23-21-37(22-24-38)53(3,4)5)36-19-15-34(16-20-36)40-30-55-48(57-40)44-12-10-28-61(44)50(64)46(32(2)69-7)59-52(67)70-8/h13-24,29-32,41-46,58H,9-12,25-28H2,1-8H3,(H,54,56)(H,55,57)(H,59,67)(H,65,66)/t31-,32-,41+,42+,43-,44-,45-,46+/m0/s1.